The summed E-state index contributed by atoms with van der Waals surface area (Å²) in [5.41, 5.74) is 5.01. The molecule has 1 heterocycles. The molecular weight excluding hydrogens is 426 g/mol. The van der Waals surface area contributed by atoms with E-state index in [1.165, 1.54) is 17.8 Å². The number of nitriles is 1. The molecule has 3 aromatic rings. The molecule has 0 amide bonds. The van der Waals surface area contributed by atoms with Crippen LogP contribution in [0, 0.1) is 17.1 Å². The molecule has 0 saturated carbocycles. The molecule has 0 radical (unpaired) electrons. The molecule has 29 heavy (non-hydrogen) atoms. The second-order valence-electron chi connectivity index (χ2n) is 6.92. The summed E-state index contributed by atoms with van der Waals surface area (Å²) in [6.45, 7) is 0. The molecule has 0 atom stereocenters. The largest absolute Gasteiger partial charge is 0.240 e. The van der Waals surface area contributed by atoms with E-state index in [1.807, 2.05) is 24.3 Å². The molecule has 4 rings (SSSR count). The van der Waals surface area contributed by atoms with E-state index in [0.717, 1.165) is 48.1 Å². The highest BCUT2D eigenvalue weighted by atomic mass is 35.5. The number of aromatic nitrogens is 1. The second-order valence-corrected chi connectivity index (χ2v) is 8.72. The van der Waals surface area contributed by atoms with Gasteiger partial charge in [-0.1, -0.05) is 41.4 Å². The lowest BCUT2D eigenvalue weighted by atomic mass is 9.86. The molecule has 2 nitrogen and oxygen atoms in total. The van der Waals surface area contributed by atoms with Gasteiger partial charge in [-0.25, -0.2) is 9.37 Å². The molecule has 0 spiro atoms. The van der Waals surface area contributed by atoms with Crippen molar-refractivity contribution < 1.29 is 4.39 Å². The Bertz CT molecular complexity index is 1100. The zero-order valence-electron chi connectivity index (χ0n) is 15.5. The van der Waals surface area contributed by atoms with Crippen molar-refractivity contribution in [3.8, 4) is 17.3 Å². The molecular formula is C23H17Cl2FN2S. The zero-order chi connectivity index (χ0) is 20.4. The summed E-state index contributed by atoms with van der Waals surface area (Å²) < 4.78 is 14.2. The first kappa shape index (κ1) is 20.2. The van der Waals surface area contributed by atoms with E-state index in [2.05, 4.69) is 6.07 Å². The molecule has 1 aliphatic carbocycles. The Hall–Kier alpha value is -2.06. The first-order valence-corrected chi connectivity index (χ1v) is 11.1. The van der Waals surface area contributed by atoms with Crippen LogP contribution in [0.5, 0.6) is 0 Å². The Morgan fingerprint density at radius 3 is 2.55 bits per heavy atom. The standard InChI is InChI=1S/C23H17Cl2FN2S/c24-15-6-3-5-14(11-15)22-17-8-2-1-7-16(17)18(12-27)23(28-22)29-13-19-20(25)9-4-10-21(19)26/h3-6,9-11H,1-2,7-8,13H2. The van der Waals surface area contributed by atoms with Crippen LogP contribution in [-0.2, 0) is 18.6 Å². The average Bonchev–Trinajstić information content (AvgIpc) is 2.72. The number of nitrogens with zero attached hydrogens (tertiary/aromatic N) is 2. The van der Waals surface area contributed by atoms with Gasteiger partial charge in [-0.05, 0) is 61.1 Å². The number of hydrogen-bond acceptors (Lipinski definition) is 3. The molecule has 0 saturated heterocycles. The third-order valence-electron chi connectivity index (χ3n) is 5.11. The Morgan fingerprint density at radius 1 is 1.07 bits per heavy atom. The first-order valence-electron chi connectivity index (χ1n) is 9.36. The molecule has 1 aliphatic rings. The summed E-state index contributed by atoms with van der Waals surface area (Å²) in [6.07, 6.45) is 3.86. The fourth-order valence-electron chi connectivity index (χ4n) is 3.70. The normalized spacial score (nSPS) is 13.0. The molecule has 0 bridgehead atoms. The van der Waals surface area contributed by atoms with E-state index in [-0.39, 0.29) is 5.82 Å². The van der Waals surface area contributed by atoms with Crippen molar-refractivity contribution in [1.82, 2.24) is 4.98 Å². The monoisotopic (exact) mass is 442 g/mol. The maximum atomic E-state index is 14.2. The van der Waals surface area contributed by atoms with E-state index in [1.54, 1.807) is 12.1 Å². The fraction of sp³-hybridized carbons (Fsp3) is 0.217. The number of benzene rings is 2. The van der Waals surface area contributed by atoms with Gasteiger partial charge in [0.25, 0.3) is 0 Å². The highest BCUT2D eigenvalue weighted by molar-refractivity contribution is 7.98. The van der Waals surface area contributed by atoms with Gasteiger partial charge in [0.15, 0.2) is 0 Å². The number of halogens is 3. The van der Waals surface area contributed by atoms with Gasteiger partial charge in [0.2, 0.25) is 0 Å². The van der Waals surface area contributed by atoms with Gasteiger partial charge < -0.3 is 0 Å². The lowest BCUT2D eigenvalue weighted by Gasteiger charge is -2.22. The minimum atomic E-state index is -0.350. The SMILES string of the molecule is N#Cc1c(SCc2c(F)cccc2Cl)nc(-c2cccc(Cl)c2)c2c1CCCC2. The number of hydrogen-bond donors (Lipinski definition) is 0. The van der Waals surface area contributed by atoms with Crippen LogP contribution in [0.15, 0.2) is 47.5 Å². The van der Waals surface area contributed by atoms with Crippen molar-refractivity contribution in [1.29, 1.82) is 5.26 Å². The van der Waals surface area contributed by atoms with Gasteiger partial charge in [-0.2, -0.15) is 5.26 Å². The third kappa shape index (κ3) is 4.14. The Balaban J connectivity index is 1.81. The van der Waals surface area contributed by atoms with Gasteiger partial charge in [-0.3, -0.25) is 0 Å². The van der Waals surface area contributed by atoms with Crippen molar-refractivity contribution in [2.24, 2.45) is 0 Å². The molecule has 0 fully saturated rings. The van der Waals surface area contributed by atoms with Crippen LogP contribution in [0.1, 0.15) is 35.1 Å². The minimum absolute atomic E-state index is 0.307. The van der Waals surface area contributed by atoms with E-state index in [4.69, 9.17) is 28.2 Å². The van der Waals surface area contributed by atoms with Crippen molar-refractivity contribution in [3.05, 3.63) is 80.6 Å². The van der Waals surface area contributed by atoms with Crippen LogP contribution >= 0.6 is 35.0 Å². The number of rotatable bonds is 4. The van der Waals surface area contributed by atoms with Crippen LogP contribution in [0.3, 0.4) is 0 Å². The number of pyridine rings is 1. The highest BCUT2D eigenvalue weighted by Gasteiger charge is 2.23. The minimum Gasteiger partial charge on any atom is -0.240 e. The van der Waals surface area contributed by atoms with Crippen molar-refractivity contribution in [3.63, 3.8) is 0 Å². The van der Waals surface area contributed by atoms with Gasteiger partial charge in [0.1, 0.15) is 16.9 Å². The average molecular weight is 443 g/mol. The zero-order valence-corrected chi connectivity index (χ0v) is 17.8. The predicted molar refractivity (Wildman–Crippen MR) is 117 cm³/mol. The first-order chi connectivity index (χ1) is 14.1. The van der Waals surface area contributed by atoms with Crippen LogP contribution in [0.25, 0.3) is 11.3 Å². The van der Waals surface area contributed by atoms with E-state index >= 15 is 0 Å². The highest BCUT2D eigenvalue weighted by Crippen LogP contribution is 2.38. The van der Waals surface area contributed by atoms with E-state index in [9.17, 15) is 9.65 Å². The Kier molecular flexibility index (Phi) is 6.10. The van der Waals surface area contributed by atoms with Gasteiger partial charge in [0, 0.05) is 26.9 Å². The smallest absolute Gasteiger partial charge is 0.128 e. The van der Waals surface area contributed by atoms with Gasteiger partial charge in [0.05, 0.1) is 11.3 Å². The third-order valence-corrected chi connectivity index (χ3v) is 6.70. The number of fused-ring (bicyclic) bond motifs is 1. The lowest BCUT2D eigenvalue weighted by Crippen LogP contribution is -2.10. The summed E-state index contributed by atoms with van der Waals surface area (Å²) in [5.74, 6) is -0.0439. The summed E-state index contributed by atoms with van der Waals surface area (Å²) in [6, 6.07) is 14.6. The quantitative estimate of drug-likeness (QED) is 0.399. The second kappa shape index (κ2) is 8.75. The Morgan fingerprint density at radius 2 is 1.83 bits per heavy atom. The van der Waals surface area contributed by atoms with Crippen molar-refractivity contribution in [2.75, 3.05) is 0 Å². The molecule has 1 aromatic heterocycles. The molecule has 146 valence electrons. The van der Waals surface area contributed by atoms with Crippen LogP contribution in [-0.4, -0.2) is 4.98 Å². The maximum absolute atomic E-state index is 14.2. The molecule has 6 heteroatoms. The van der Waals surface area contributed by atoms with Crippen LogP contribution in [0.4, 0.5) is 4.39 Å². The lowest BCUT2D eigenvalue weighted by molar-refractivity contribution is 0.617. The topological polar surface area (TPSA) is 36.7 Å². The fourth-order valence-corrected chi connectivity index (χ4v) is 5.24. The summed E-state index contributed by atoms with van der Waals surface area (Å²) in [7, 11) is 0. The predicted octanol–water partition coefficient (Wildman–Crippen LogP) is 7.24. The summed E-state index contributed by atoms with van der Waals surface area (Å²) in [5, 5.41) is 11.5. The van der Waals surface area contributed by atoms with Crippen LogP contribution in [0.2, 0.25) is 10.0 Å². The summed E-state index contributed by atoms with van der Waals surface area (Å²) in [4.78, 5) is 4.86. The van der Waals surface area contributed by atoms with Crippen molar-refractivity contribution >= 4 is 35.0 Å². The van der Waals surface area contributed by atoms with E-state index in [0.29, 0.717) is 32.0 Å². The van der Waals surface area contributed by atoms with E-state index < -0.39 is 0 Å². The maximum Gasteiger partial charge on any atom is 0.128 e. The Labute approximate surface area is 183 Å². The molecule has 0 unspecified atom stereocenters. The molecule has 0 aliphatic heterocycles. The summed E-state index contributed by atoms with van der Waals surface area (Å²) >= 11 is 13.7. The van der Waals surface area contributed by atoms with Gasteiger partial charge in [-0.15, -0.1) is 11.8 Å². The van der Waals surface area contributed by atoms with Gasteiger partial charge >= 0.3 is 0 Å². The molecule has 2 aromatic carbocycles. The number of thioether (sulfide) groups is 1. The molecule has 0 N–H and O–H groups in total. The van der Waals surface area contributed by atoms with Crippen LogP contribution < -0.4 is 0 Å². The van der Waals surface area contributed by atoms with Crippen molar-refractivity contribution in [2.45, 2.75) is 36.5 Å².